The van der Waals surface area contributed by atoms with Crippen molar-refractivity contribution in [3.8, 4) is 0 Å². The summed E-state index contributed by atoms with van der Waals surface area (Å²) >= 11 is 0. The first-order valence-electron chi connectivity index (χ1n) is 10.6. The summed E-state index contributed by atoms with van der Waals surface area (Å²) in [5.74, 6) is 0. The lowest BCUT2D eigenvalue weighted by atomic mass is 9.97. The fourth-order valence-corrected chi connectivity index (χ4v) is 5.49. The van der Waals surface area contributed by atoms with Crippen LogP contribution >= 0.6 is 0 Å². The van der Waals surface area contributed by atoms with Gasteiger partial charge in [0.15, 0.2) is 0 Å². The second kappa shape index (κ2) is 10.4. The van der Waals surface area contributed by atoms with Crippen LogP contribution in [0.5, 0.6) is 0 Å². The molecule has 1 amide bonds. The van der Waals surface area contributed by atoms with E-state index in [0.29, 0.717) is 17.7 Å². The Bertz CT molecular complexity index is 1020. The van der Waals surface area contributed by atoms with Gasteiger partial charge in [0.25, 0.3) is 0 Å². The summed E-state index contributed by atoms with van der Waals surface area (Å²) < 4.78 is 32.1. The number of hydrogen-bond donors (Lipinski definition) is 0. The zero-order valence-electron chi connectivity index (χ0n) is 17.8. The van der Waals surface area contributed by atoms with Crippen molar-refractivity contribution in [2.45, 2.75) is 56.2 Å². The number of carbonyl (C=O) groups is 1. The first kappa shape index (κ1) is 22.8. The Hall–Kier alpha value is -2.86. The number of nitrogens with zero attached hydrogens (tertiary/aromatic N) is 1. The zero-order valence-corrected chi connectivity index (χ0v) is 18.6. The van der Waals surface area contributed by atoms with Gasteiger partial charge in [-0.25, -0.2) is 13.2 Å². The minimum atomic E-state index is -3.62. The van der Waals surface area contributed by atoms with Gasteiger partial charge in [0, 0.05) is 17.4 Å². The van der Waals surface area contributed by atoms with Crippen LogP contribution in [0.4, 0.5) is 4.79 Å². The number of benzene rings is 2. The smallest absolute Gasteiger partial charge is 0.410 e. The summed E-state index contributed by atoms with van der Waals surface area (Å²) in [6.45, 7) is 6.00. The molecule has 0 saturated carbocycles. The molecule has 2 atom stereocenters. The highest BCUT2D eigenvalue weighted by Gasteiger charge is 2.38. The number of carbonyl (C=O) groups excluding carboxylic acids is 1. The summed E-state index contributed by atoms with van der Waals surface area (Å²) in [6.07, 6.45) is 5.22. The van der Waals surface area contributed by atoms with E-state index in [1.807, 2.05) is 37.3 Å². The fraction of sp³-hybridized carbons (Fsp3) is 0.320. The van der Waals surface area contributed by atoms with E-state index in [0.717, 1.165) is 12.0 Å². The van der Waals surface area contributed by atoms with Gasteiger partial charge in [-0.3, -0.25) is 4.90 Å². The lowest BCUT2D eigenvalue weighted by Gasteiger charge is -2.40. The molecule has 1 heterocycles. The molecule has 0 aliphatic carbocycles. The van der Waals surface area contributed by atoms with E-state index in [1.54, 1.807) is 47.4 Å². The molecule has 0 spiro atoms. The third kappa shape index (κ3) is 5.44. The third-order valence-corrected chi connectivity index (χ3v) is 7.30. The minimum absolute atomic E-state index is 0.175. The van der Waals surface area contributed by atoms with Crippen molar-refractivity contribution in [3.63, 3.8) is 0 Å². The third-order valence-electron chi connectivity index (χ3n) is 5.41. The first-order valence-corrected chi connectivity index (χ1v) is 12.1. The van der Waals surface area contributed by atoms with E-state index in [1.165, 1.54) is 0 Å². The van der Waals surface area contributed by atoms with Gasteiger partial charge in [-0.05, 0) is 36.6 Å². The van der Waals surface area contributed by atoms with Crippen molar-refractivity contribution in [2.75, 3.05) is 0 Å². The molecule has 0 N–H and O–H groups in total. The van der Waals surface area contributed by atoms with Crippen molar-refractivity contribution in [3.05, 3.63) is 89.9 Å². The Morgan fingerprint density at radius 2 is 1.77 bits per heavy atom. The van der Waals surface area contributed by atoms with Crippen LogP contribution in [-0.2, 0) is 21.2 Å². The lowest BCUT2D eigenvalue weighted by molar-refractivity contribution is 0.0640. The predicted molar refractivity (Wildman–Crippen MR) is 122 cm³/mol. The summed E-state index contributed by atoms with van der Waals surface area (Å²) in [7, 11) is -3.62. The Kier molecular flexibility index (Phi) is 7.69. The van der Waals surface area contributed by atoms with Crippen LogP contribution in [0.1, 0.15) is 38.2 Å². The topological polar surface area (TPSA) is 63.7 Å². The van der Waals surface area contributed by atoms with Gasteiger partial charge in [-0.15, -0.1) is 6.58 Å². The Balaban J connectivity index is 1.89. The summed E-state index contributed by atoms with van der Waals surface area (Å²) in [6, 6.07) is 17.3. The molecular weight excluding hydrogens is 410 g/mol. The Morgan fingerprint density at radius 3 is 2.39 bits per heavy atom. The molecule has 0 unspecified atom stereocenters. The highest BCUT2D eigenvalue weighted by atomic mass is 32.2. The predicted octanol–water partition coefficient (Wildman–Crippen LogP) is 5.50. The van der Waals surface area contributed by atoms with Gasteiger partial charge in [-0.2, -0.15) is 0 Å². The molecule has 3 rings (SSSR count). The molecule has 0 fully saturated rings. The van der Waals surface area contributed by atoms with Gasteiger partial charge in [-0.1, -0.05) is 68.0 Å². The standard InChI is InChI=1S/C25H29NO4S/c1-3-11-21-17-24(31(28,29)23-15-9-6-10-16-23)18-22(12-4-2)26(21)25(27)30-19-20-13-7-5-8-14-20/h3,5-10,13-17,21-22H,1,4,11-12,18-19H2,2H3/t21-,22+/m1/s1. The highest BCUT2D eigenvalue weighted by Crippen LogP contribution is 2.33. The van der Waals surface area contributed by atoms with Gasteiger partial charge in [0.1, 0.15) is 6.61 Å². The van der Waals surface area contributed by atoms with Crippen LogP contribution in [0.15, 0.2) is 89.2 Å². The van der Waals surface area contributed by atoms with Gasteiger partial charge < -0.3 is 4.74 Å². The molecule has 2 aromatic rings. The maximum Gasteiger partial charge on any atom is 0.410 e. The normalized spacial score (nSPS) is 18.9. The van der Waals surface area contributed by atoms with E-state index in [-0.39, 0.29) is 24.0 Å². The van der Waals surface area contributed by atoms with Crippen molar-refractivity contribution < 1.29 is 17.9 Å². The average molecular weight is 440 g/mol. The number of rotatable bonds is 8. The second-order valence-corrected chi connectivity index (χ2v) is 9.64. The van der Waals surface area contributed by atoms with E-state index in [4.69, 9.17) is 4.74 Å². The number of sulfone groups is 1. The number of hydrogen-bond acceptors (Lipinski definition) is 4. The maximum absolute atomic E-state index is 13.2. The summed E-state index contributed by atoms with van der Waals surface area (Å²) in [4.78, 5) is 15.4. The van der Waals surface area contributed by atoms with Crippen molar-refractivity contribution >= 4 is 15.9 Å². The number of ether oxygens (including phenoxy) is 1. The molecule has 0 saturated heterocycles. The van der Waals surface area contributed by atoms with Crippen molar-refractivity contribution in [1.29, 1.82) is 0 Å². The van der Waals surface area contributed by atoms with E-state index < -0.39 is 22.0 Å². The van der Waals surface area contributed by atoms with Crippen LogP contribution in [0.2, 0.25) is 0 Å². The second-order valence-electron chi connectivity index (χ2n) is 7.64. The van der Waals surface area contributed by atoms with Crippen LogP contribution in [0, 0.1) is 0 Å². The van der Waals surface area contributed by atoms with Crippen LogP contribution in [0.25, 0.3) is 0 Å². The van der Waals surface area contributed by atoms with Crippen LogP contribution < -0.4 is 0 Å². The highest BCUT2D eigenvalue weighted by molar-refractivity contribution is 7.95. The fourth-order valence-electron chi connectivity index (χ4n) is 3.92. The molecule has 1 aliphatic rings. The van der Waals surface area contributed by atoms with Gasteiger partial charge in [0.05, 0.1) is 10.9 Å². The molecule has 164 valence electrons. The molecule has 0 bridgehead atoms. The monoisotopic (exact) mass is 439 g/mol. The first-order chi connectivity index (χ1) is 15.0. The minimum Gasteiger partial charge on any atom is -0.445 e. The molecular formula is C25H29NO4S. The lowest BCUT2D eigenvalue weighted by Crippen LogP contribution is -2.49. The SMILES string of the molecule is C=CC[C@@H]1C=C(S(=O)(=O)c2ccccc2)C[C@H](CCC)N1C(=O)OCc1ccccc1. The van der Waals surface area contributed by atoms with E-state index in [2.05, 4.69) is 6.58 Å². The van der Waals surface area contributed by atoms with Crippen molar-refractivity contribution in [1.82, 2.24) is 4.90 Å². The van der Waals surface area contributed by atoms with E-state index >= 15 is 0 Å². The summed E-state index contributed by atoms with van der Waals surface area (Å²) in [5, 5.41) is 0. The Morgan fingerprint density at radius 1 is 1.13 bits per heavy atom. The molecule has 2 aromatic carbocycles. The average Bonchev–Trinajstić information content (AvgIpc) is 2.79. The van der Waals surface area contributed by atoms with E-state index in [9.17, 15) is 13.2 Å². The molecule has 0 radical (unpaired) electrons. The Labute approximate surface area is 185 Å². The maximum atomic E-state index is 13.2. The van der Waals surface area contributed by atoms with Crippen molar-refractivity contribution in [2.24, 2.45) is 0 Å². The van der Waals surface area contributed by atoms with Gasteiger partial charge >= 0.3 is 6.09 Å². The molecule has 31 heavy (non-hydrogen) atoms. The molecule has 5 nitrogen and oxygen atoms in total. The van der Waals surface area contributed by atoms with Crippen LogP contribution in [-0.4, -0.2) is 31.5 Å². The largest absolute Gasteiger partial charge is 0.445 e. The molecule has 0 aromatic heterocycles. The quantitative estimate of drug-likeness (QED) is 0.510. The number of amides is 1. The molecule has 1 aliphatic heterocycles. The van der Waals surface area contributed by atoms with Gasteiger partial charge in [0.2, 0.25) is 9.84 Å². The van der Waals surface area contributed by atoms with Crippen LogP contribution in [0.3, 0.4) is 0 Å². The molecule has 6 heteroatoms. The zero-order chi connectivity index (χ0) is 22.3. The summed E-state index contributed by atoms with van der Waals surface area (Å²) in [5.41, 5.74) is 0.906.